The molecule has 0 radical (unpaired) electrons. The van der Waals surface area contributed by atoms with Crippen molar-refractivity contribution < 1.29 is 5.11 Å². The van der Waals surface area contributed by atoms with Crippen LogP contribution in [0.3, 0.4) is 0 Å². The number of phenolic OH excluding ortho intramolecular Hbond substituents is 1. The van der Waals surface area contributed by atoms with Gasteiger partial charge in [-0.25, -0.2) is 5.53 Å². The molecule has 0 fully saturated rings. The van der Waals surface area contributed by atoms with Crippen LogP contribution in [-0.2, 0) is 0 Å². The Bertz CT molecular complexity index is 642. The van der Waals surface area contributed by atoms with Crippen molar-refractivity contribution in [2.24, 2.45) is 5.11 Å². The largest absolute Gasteiger partial charge is 0.506 e. The third-order valence-corrected chi connectivity index (χ3v) is 2.56. The predicted molar refractivity (Wildman–Crippen MR) is 74.7 cm³/mol. The van der Waals surface area contributed by atoms with Gasteiger partial charge in [-0.05, 0) is 23.6 Å². The van der Waals surface area contributed by atoms with E-state index in [9.17, 15) is 5.11 Å². The lowest BCUT2D eigenvalue weighted by molar-refractivity contribution is 0.477. The van der Waals surface area contributed by atoms with Gasteiger partial charge in [-0.15, -0.1) is 0 Å². The van der Waals surface area contributed by atoms with E-state index in [2.05, 4.69) is 10.1 Å². The number of aromatic hydroxyl groups is 1. The Morgan fingerprint density at radius 3 is 2.21 bits per heavy atom. The van der Waals surface area contributed by atoms with Crippen molar-refractivity contribution in [1.29, 1.82) is 5.53 Å². The van der Waals surface area contributed by atoms with E-state index in [-0.39, 0.29) is 5.75 Å². The van der Waals surface area contributed by atoms with E-state index < -0.39 is 0 Å². The fourth-order valence-electron chi connectivity index (χ4n) is 1.67. The van der Waals surface area contributed by atoms with Crippen molar-refractivity contribution in [3.63, 3.8) is 0 Å². The monoisotopic (exact) mass is 251 g/mol. The van der Waals surface area contributed by atoms with Crippen LogP contribution >= 0.6 is 0 Å². The second-order valence-electron chi connectivity index (χ2n) is 3.79. The zero-order valence-electron chi connectivity index (χ0n) is 10.2. The molecule has 3 rings (SSSR count). The molecule has 4 heteroatoms. The molecule has 0 aliphatic rings. The summed E-state index contributed by atoms with van der Waals surface area (Å²) in [7, 11) is 0. The highest BCUT2D eigenvalue weighted by molar-refractivity contribution is 5.95. The molecule has 94 valence electrons. The minimum absolute atomic E-state index is 0.0497. The zero-order chi connectivity index (χ0) is 13.5. The Kier molecular flexibility index (Phi) is 4.18. The van der Waals surface area contributed by atoms with Gasteiger partial charge in [-0.3, -0.25) is 4.98 Å². The molecule has 0 spiro atoms. The highest BCUT2D eigenvalue weighted by Crippen LogP contribution is 2.34. The molecular weight excluding hydrogens is 238 g/mol. The van der Waals surface area contributed by atoms with Crippen molar-refractivity contribution in [1.82, 2.24) is 4.98 Å². The molecule has 0 unspecified atom stereocenters. The molecule has 1 heterocycles. The highest BCUT2D eigenvalue weighted by atomic mass is 16.3. The Balaban J connectivity index is 0.000000186. The fraction of sp³-hybridized carbons (Fsp3) is 0. The average molecular weight is 251 g/mol. The average Bonchev–Trinajstić information content (AvgIpc) is 2.49. The van der Waals surface area contributed by atoms with Crippen molar-refractivity contribution in [2.45, 2.75) is 0 Å². The van der Waals surface area contributed by atoms with Crippen LogP contribution in [0.1, 0.15) is 0 Å². The Labute approximate surface area is 110 Å². The molecule has 2 aromatic carbocycles. The van der Waals surface area contributed by atoms with E-state index in [0.717, 1.165) is 10.8 Å². The first-order valence-electron chi connectivity index (χ1n) is 5.76. The van der Waals surface area contributed by atoms with Crippen LogP contribution in [0.15, 0.2) is 72.1 Å². The fourth-order valence-corrected chi connectivity index (χ4v) is 1.67. The number of aromatic nitrogens is 1. The van der Waals surface area contributed by atoms with Gasteiger partial charge in [0.2, 0.25) is 0 Å². The molecule has 3 aromatic rings. The van der Waals surface area contributed by atoms with Gasteiger partial charge in [0.1, 0.15) is 11.4 Å². The summed E-state index contributed by atoms with van der Waals surface area (Å²) in [5.41, 5.74) is 7.26. The maximum Gasteiger partial charge on any atom is 0.143 e. The number of nitrogens with zero attached hydrogens (tertiary/aromatic N) is 2. The van der Waals surface area contributed by atoms with Gasteiger partial charge in [-0.1, -0.05) is 36.4 Å². The van der Waals surface area contributed by atoms with Gasteiger partial charge in [0.05, 0.1) is 0 Å². The number of pyridine rings is 1. The number of hydrogen-bond acceptors (Lipinski definition) is 4. The molecule has 0 amide bonds. The lowest BCUT2D eigenvalue weighted by Crippen LogP contribution is -1.73. The SMILES string of the molecule is N=Nc1c(O)ccc2ccccc12.c1ccncc1. The first kappa shape index (κ1) is 12.7. The van der Waals surface area contributed by atoms with Crippen molar-refractivity contribution in [2.75, 3.05) is 0 Å². The quantitative estimate of drug-likeness (QED) is 0.633. The van der Waals surface area contributed by atoms with Crippen LogP contribution in [0.2, 0.25) is 0 Å². The van der Waals surface area contributed by atoms with E-state index in [1.54, 1.807) is 24.5 Å². The maximum atomic E-state index is 9.39. The van der Waals surface area contributed by atoms with Crippen LogP contribution in [0.5, 0.6) is 5.75 Å². The summed E-state index contributed by atoms with van der Waals surface area (Å²) in [5, 5.41) is 14.5. The zero-order valence-corrected chi connectivity index (χ0v) is 10.2. The summed E-state index contributed by atoms with van der Waals surface area (Å²) in [5.74, 6) is 0.0497. The molecule has 0 aliphatic carbocycles. The third kappa shape index (κ3) is 3.13. The second-order valence-corrected chi connectivity index (χ2v) is 3.79. The number of phenols is 1. The van der Waals surface area contributed by atoms with Crippen LogP contribution in [0.25, 0.3) is 10.8 Å². The normalized spacial score (nSPS) is 9.47. The summed E-state index contributed by atoms with van der Waals surface area (Å²) in [6.45, 7) is 0. The molecule has 19 heavy (non-hydrogen) atoms. The van der Waals surface area contributed by atoms with E-state index >= 15 is 0 Å². The molecule has 0 saturated carbocycles. The number of rotatable bonds is 1. The number of fused-ring (bicyclic) bond motifs is 1. The summed E-state index contributed by atoms with van der Waals surface area (Å²) < 4.78 is 0. The highest BCUT2D eigenvalue weighted by Gasteiger charge is 2.03. The molecule has 0 atom stereocenters. The molecule has 4 nitrogen and oxygen atoms in total. The molecule has 0 saturated heterocycles. The smallest absolute Gasteiger partial charge is 0.143 e. The Morgan fingerprint density at radius 1 is 0.895 bits per heavy atom. The van der Waals surface area contributed by atoms with Gasteiger partial charge in [0.25, 0.3) is 0 Å². The molecule has 1 aromatic heterocycles. The summed E-state index contributed by atoms with van der Waals surface area (Å²) in [6.07, 6.45) is 3.50. The minimum Gasteiger partial charge on any atom is -0.506 e. The lowest BCUT2D eigenvalue weighted by Gasteiger charge is -2.01. The number of hydrogen-bond donors (Lipinski definition) is 2. The van der Waals surface area contributed by atoms with E-state index in [4.69, 9.17) is 5.53 Å². The van der Waals surface area contributed by atoms with Gasteiger partial charge in [0.15, 0.2) is 0 Å². The van der Waals surface area contributed by atoms with E-state index in [0.29, 0.717) is 5.69 Å². The maximum absolute atomic E-state index is 9.39. The van der Waals surface area contributed by atoms with Crippen molar-refractivity contribution in [3.05, 3.63) is 67.0 Å². The van der Waals surface area contributed by atoms with Gasteiger partial charge in [-0.2, -0.15) is 5.11 Å². The summed E-state index contributed by atoms with van der Waals surface area (Å²) >= 11 is 0. The molecule has 2 N–H and O–H groups in total. The first-order valence-corrected chi connectivity index (χ1v) is 5.76. The minimum atomic E-state index is 0.0497. The van der Waals surface area contributed by atoms with E-state index in [1.807, 2.05) is 42.5 Å². The summed E-state index contributed by atoms with van der Waals surface area (Å²) in [6, 6.07) is 16.6. The van der Waals surface area contributed by atoms with Gasteiger partial charge >= 0.3 is 0 Å². The van der Waals surface area contributed by atoms with Crippen LogP contribution in [0.4, 0.5) is 5.69 Å². The Hall–Kier alpha value is -2.75. The van der Waals surface area contributed by atoms with Gasteiger partial charge in [0, 0.05) is 17.8 Å². The molecule has 0 bridgehead atoms. The summed E-state index contributed by atoms with van der Waals surface area (Å²) in [4.78, 5) is 3.78. The Morgan fingerprint density at radius 2 is 1.63 bits per heavy atom. The van der Waals surface area contributed by atoms with Crippen LogP contribution < -0.4 is 0 Å². The number of nitrogens with one attached hydrogen (secondary N) is 1. The third-order valence-electron chi connectivity index (χ3n) is 2.56. The predicted octanol–water partition coefficient (Wildman–Crippen LogP) is 4.29. The lowest BCUT2D eigenvalue weighted by atomic mass is 10.1. The first-order chi connectivity index (χ1) is 9.33. The van der Waals surface area contributed by atoms with Crippen LogP contribution in [-0.4, -0.2) is 10.1 Å². The number of benzene rings is 2. The molecule has 0 aliphatic heterocycles. The second kappa shape index (κ2) is 6.26. The standard InChI is InChI=1S/C10H8N2O.C5H5N/c11-12-10-8-4-2-1-3-7(8)5-6-9(10)13;1-2-4-6-5-3-1/h1-6,11,13H;1-5H. The molecular formula is C15H13N3O. The van der Waals surface area contributed by atoms with Crippen molar-refractivity contribution >= 4 is 16.5 Å². The topological polar surface area (TPSA) is 69.3 Å². The van der Waals surface area contributed by atoms with Crippen LogP contribution in [0, 0.1) is 5.53 Å². The van der Waals surface area contributed by atoms with Gasteiger partial charge < -0.3 is 5.11 Å². The van der Waals surface area contributed by atoms with Crippen molar-refractivity contribution in [3.8, 4) is 5.75 Å². The van der Waals surface area contributed by atoms with E-state index in [1.165, 1.54) is 0 Å².